The molecule has 116 valence electrons. The molecule has 0 atom stereocenters. The van der Waals surface area contributed by atoms with Crippen LogP contribution < -0.4 is 22.7 Å². The molecule has 9 heteroatoms. The summed E-state index contributed by atoms with van der Waals surface area (Å²) in [4.78, 5) is 25.8. The molecule has 1 aromatic rings. The summed E-state index contributed by atoms with van der Waals surface area (Å²) in [6, 6.07) is 0. The van der Waals surface area contributed by atoms with Gasteiger partial charge in [0.2, 0.25) is 11.8 Å². The SMILES string of the molecule is CCCCn1c(O)c(C(CC)=NN=C(N)N)c(=O)[nH]c1=O. The van der Waals surface area contributed by atoms with Gasteiger partial charge in [-0.2, -0.15) is 5.10 Å². The van der Waals surface area contributed by atoms with Crippen LogP contribution in [0.5, 0.6) is 5.88 Å². The minimum Gasteiger partial charge on any atom is -0.494 e. The Balaban J connectivity index is 3.48. The highest BCUT2D eigenvalue weighted by molar-refractivity contribution is 6.02. The van der Waals surface area contributed by atoms with Crippen molar-refractivity contribution in [3.63, 3.8) is 0 Å². The van der Waals surface area contributed by atoms with E-state index in [1.807, 2.05) is 6.92 Å². The van der Waals surface area contributed by atoms with Gasteiger partial charge in [-0.3, -0.25) is 14.3 Å². The summed E-state index contributed by atoms with van der Waals surface area (Å²) in [6.07, 6.45) is 1.83. The van der Waals surface area contributed by atoms with Crippen LogP contribution >= 0.6 is 0 Å². The first-order valence-electron chi connectivity index (χ1n) is 6.64. The van der Waals surface area contributed by atoms with Crippen LogP contribution in [0.4, 0.5) is 0 Å². The van der Waals surface area contributed by atoms with Gasteiger partial charge in [-0.15, -0.1) is 5.10 Å². The first-order chi connectivity index (χ1) is 9.92. The predicted octanol–water partition coefficient (Wildman–Crippen LogP) is -0.570. The molecule has 0 unspecified atom stereocenters. The third-order valence-corrected chi connectivity index (χ3v) is 2.82. The molecule has 0 saturated carbocycles. The molecule has 1 aromatic heterocycles. The van der Waals surface area contributed by atoms with E-state index in [0.717, 1.165) is 11.0 Å². The normalized spacial score (nSPS) is 11.4. The highest BCUT2D eigenvalue weighted by Crippen LogP contribution is 2.14. The van der Waals surface area contributed by atoms with Gasteiger partial charge in [0.15, 0.2) is 0 Å². The van der Waals surface area contributed by atoms with Crippen molar-refractivity contribution in [2.45, 2.75) is 39.7 Å². The molecule has 0 aliphatic heterocycles. The summed E-state index contributed by atoms with van der Waals surface area (Å²) in [7, 11) is 0. The molecule has 0 bridgehead atoms. The van der Waals surface area contributed by atoms with E-state index in [-0.39, 0.29) is 17.2 Å². The Hall–Kier alpha value is -2.58. The number of nitrogens with zero attached hydrogens (tertiary/aromatic N) is 3. The smallest absolute Gasteiger partial charge is 0.331 e. The molecule has 1 rings (SSSR count). The standard InChI is InChI=1S/C12H20N6O3/c1-3-5-6-18-10(20)8(9(19)15-12(18)21)7(4-2)16-17-11(13)14/h20H,3-6H2,1-2H3,(H4,13,14,17)(H,15,19,21). The van der Waals surface area contributed by atoms with Crippen molar-refractivity contribution in [2.24, 2.45) is 21.7 Å². The Labute approximate surface area is 121 Å². The molecule has 0 spiro atoms. The summed E-state index contributed by atoms with van der Waals surface area (Å²) in [5.74, 6) is -0.695. The Morgan fingerprint density at radius 2 is 1.95 bits per heavy atom. The lowest BCUT2D eigenvalue weighted by Crippen LogP contribution is -2.34. The van der Waals surface area contributed by atoms with Crippen molar-refractivity contribution in [3.8, 4) is 5.88 Å². The molecule has 0 fully saturated rings. The van der Waals surface area contributed by atoms with Gasteiger partial charge in [-0.25, -0.2) is 4.79 Å². The number of aromatic amines is 1. The summed E-state index contributed by atoms with van der Waals surface area (Å²) < 4.78 is 1.10. The summed E-state index contributed by atoms with van der Waals surface area (Å²) >= 11 is 0. The van der Waals surface area contributed by atoms with Gasteiger partial charge in [-0.1, -0.05) is 20.3 Å². The van der Waals surface area contributed by atoms with E-state index in [4.69, 9.17) is 11.5 Å². The van der Waals surface area contributed by atoms with E-state index in [9.17, 15) is 14.7 Å². The van der Waals surface area contributed by atoms with E-state index in [0.29, 0.717) is 19.4 Å². The topological polar surface area (TPSA) is 152 Å². The van der Waals surface area contributed by atoms with Crippen molar-refractivity contribution in [3.05, 3.63) is 26.4 Å². The summed E-state index contributed by atoms with van der Waals surface area (Å²) in [5, 5.41) is 17.4. The fourth-order valence-corrected chi connectivity index (χ4v) is 1.76. The summed E-state index contributed by atoms with van der Waals surface area (Å²) in [5.41, 5.74) is 9.08. The number of hydrogen-bond acceptors (Lipinski definition) is 5. The van der Waals surface area contributed by atoms with Crippen molar-refractivity contribution in [2.75, 3.05) is 0 Å². The van der Waals surface area contributed by atoms with Crippen LogP contribution in [-0.2, 0) is 6.54 Å². The summed E-state index contributed by atoms with van der Waals surface area (Å²) in [6.45, 7) is 3.97. The highest BCUT2D eigenvalue weighted by atomic mass is 16.3. The van der Waals surface area contributed by atoms with Crippen molar-refractivity contribution < 1.29 is 5.11 Å². The lowest BCUT2D eigenvalue weighted by Gasteiger charge is -2.11. The zero-order valence-corrected chi connectivity index (χ0v) is 12.1. The van der Waals surface area contributed by atoms with Gasteiger partial charge in [0, 0.05) is 6.54 Å². The molecular formula is C12H20N6O3. The second kappa shape index (κ2) is 7.27. The van der Waals surface area contributed by atoms with Crippen molar-refractivity contribution in [1.29, 1.82) is 0 Å². The fourth-order valence-electron chi connectivity index (χ4n) is 1.76. The molecule has 1 heterocycles. The molecular weight excluding hydrogens is 276 g/mol. The van der Waals surface area contributed by atoms with Gasteiger partial charge >= 0.3 is 5.69 Å². The zero-order chi connectivity index (χ0) is 16.0. The van der Waals surface area contributed by atoms with Crippen LogP contribution in [0.1, 0.15) is 38.7 Å². The third kappa shape index (κ3) is 3.94. The lowest BCUT2D eigenvalue weighted by molar-refractivity contribution is 0.394. The third-order valence-electron chi connectivity index (χ3n) is 2.82. The molecule has 0 radical (unpaired) electrons. The predicted molar refractivity (Wildman–Crippen MR) is 80.5 cm³/mol. The van der Waals surface area contributed by atoms with Crippen LogP contribution in [0.15, 0.2) is 19.8 Å². The van der Waals surface area contributed by atoms with E-state index >= 15 is 0 Å². The fraction of sp³-hybridized carbons (Fsp3) is 0.500. The van der Waals surface area contributed by atoms with E-state index in [1.54, 1.807) is 6.92 Å². The second-order valence-corrected chi connectivity index (χ2v) is 4.39. The van der Waals surface area contributed by atoms with Gasteiger partial charge in [0.05, 0.1) is 5.71 Å². The van der Waals surface area contributed by atoms with Gasteiger partial charge in [0.1, 0.15) is 5.56 Å². The average Bonchev–Trinajstić information content (AvgIpc) is 2.41. The number of aromatic nitrogens is 2. The maximum absolute atomic E-state index is 11.9. The average molecular weight is 296 g/mol. The van der Waals surface area contributed by atoms with E-state index in [1.165, 1.54) is 0 Å². The first kappa shape index (κ1) is 16.5. The second-order valence-electron chi connectivity index (χ2n) is 4.39. The molecule has 21 heavy (non-hydrogen) atoms. The number of unbranched alkanes of at least 4 members (excludes halogenated alkanes) is 1. The molecule has 0 saturated heterocycles. The Morgan fingerprint density at radius 3 is 2.48 bits per heavy atom. The maximum atomic E-state index is 11.9. The van der Waals surface area contributed by atoms with E-state index < -0.39 is 17.1 Å². The number of nitrogens with one attached hydrogen (secondary N) is 1. The number of nitrogens with two attached hydrogens (primary N) is 2. The number of aromatic hydroxyl groups is 1. The Bertz CT molecular complexity index is 667. The highest BCUT2D eigenvalue weighted by Gasteiger charge is 2.18. The minimum atomic E-state index is -0.725. The number of guanidine groups is 1. The molecule has 0 aromatic carbocycles. The number of H-pyrrole nitrogens is 1. The number of rotatable bonds is 6. The van der Waals surface area contributed by atoms with Gasteiger partial charge in [0.25, 0.3) is 5.56 Å². The van der Waals surface area contributed by atoms with E-state index in [2.05, 4.69) is 15.2 Å². The minimum absolute atomic E-state index is 0.0989. The van der Waals surface area contributed by atoms with Gasteiger partial charge < -0.3 is 16.6 Å². The quantitative estimate of drug-likeness (QED) is 0.314. The van der Waals surface area contributed by atoms with Crippen LogP contribution in [0.2, 0.25) is 0 Å². The molecule has 0 aliphatic carbocycles. The number of hydrogen-bond donors (Lipinski definition) is 4. The zero-order valence-electron chi connectivity index (χ0n) is 12.1. The Morgan fingerprint density at radius 1 is 1.29 bits per heavy atom. The largest absolute Gasteiger partial charge is 0.494 e. The first-order valence-corrected chi connectivity index (χ1v) is 6.64. The van der Waals surface area contributed by atoms with Crippen LogP contribution in [-0.4, -0.2) is 26.3 Å². The molecule has 9 nitrogen and oxygen atoms in total. The van der Waals surface area contributed by atoms with Crippen LogP contribution in [0.25, 0.3) is 0 Å². The molecule has 0 amide bonds. The van der Waals surface area contributed by atoms with Crippen molar-refractivity contribution >= 4 is 11.7 Å². The van der Waals surface area contributed by atoms with Crippen LogP contribution in [0, 0.1) is 0 Å². The monoisotopic (exact) mass is 296 g/mol. The van der Waals surface area contributed by atoms with Crippen LogP contribution in [0.3, 0.4) is 0 Å². The lowest BCUT2D eigenvalue weighted by atomic mass is 10.1. The van der Waals surface area contributed by atoms with Crippen molar-refractivity contribution in [1.82, 2.24) is 9.55 Å². The Kier molecular flexibility index (Phi) is 5.70. The maximum Gasteiger partial charge on any atom is 0.331 e. The molecule has 6 N–H and O–H groups in total. The molecule has 0 aliphatic rings. The van der Waals surface area contributed by atoms with Gasteiger partial charge in [-0.05, 0) is 12.8 Å².